The predicted molar refractivity (Wildman–Crippen MR) is 88.9 cm³/mol. The van der Waals surface area contributed by atoms with Crippen molar-refractivity contribution in [3.63, 3.8) is 0 Å². The molecular formula is C15H13ClN3O2S-. The summed E-state index contributed by atoms with van der Waals surface area (Å²) >= 11 is 3.58. The lowest BCUT2D eigenvalue weighted by Crippen LogP contribution is -2.11. The monoisotopic (exact) mass is 334 g/mol. The topological polar surface area (TPSA) is 67.8 Å². The van der Waals surface area contributed by atoms with Gasteiger partial charge in [-0.2, -0.15) is 5.10 Å². The molecule has 5 nitrogen and oxygen atoms in total. The predicted octanol–water partition coefficient (Wildman–Crippen LogP) is 3.16. The van der Waals surface area contributed by atoms with E-state index in [1.807, 2.05) is 41.4 Å². The zero-order chi connectivity index (χ0) is 15.5. The lowest BCUT2D eigenvalue weighted by Gasteiger charge is -2.14. The van der Waals surface area contributed by atoms with Crippen LogP contribution in [0.1, 0.15) is 12.0 Å². The lowest BCUT2D eigenvalue weighted by atomic mass is 10.1. The minimum Gasteiger partial charge on any atom is -0.755 e. The number of hydrazone groups is 1. The van der Waals surface area contributed by atoms with Crippen molar-refractivity contribution >= 4 is 40.0 Å². The van der Waals surface area contributed by atoms with Crippen LogP contribution < -0.4 is 9.73 Å². The average Bonchev–Trinajstić information content (AvgIpc) is 2.98. The minimum atomic E-state index is -2.31. The molecule has 1 N–H and O–H groups in total. The van der Waals surface area contributed by atoms with Gasteiger partial charge in [-0.25, -0.2) is 0 Å². The van der Waals surface area contributed by atoms with Gasteiger partial charge in [0.25, 0.3) is 0 Å². The summed E-state index contributed by atoms with van der Waals surface area (Å²) in [6.07, 6.45) is 0.853. The van der Waals surface area contributed by atoms with Crippen LogP contribution in [0.2, 0.25) is 5.02 Å². The molecule has 22 heavy (non-hydrogen) atoms. The van der Waals surface area contributed by atoms with Gasteiger partial charge in [-0.3, -0.25) is 9.22 Å². The molecule has 1 aliphatic heterocycles. The zero-order valence-corrected chi connectivity index (χ0v) is 13.1. The van der Waals surface area contributed by atoms with E-state index in [0.717, 1.165) is 29.9 Å². The summed E-state index contributed by atoms with van der Waals surface area (Å²) < 4.78 is 23.5. The van der Waals surface area contributed by atoms with Crippen molar-refractivity contribution in [2.24, 2.45) is 5.10 Å². The number of hydrogen-bond acceptors (Lipinski definition) is 4. The zero-order valence-electron chi connectivity index (χ0n) is 11.5. The van der Waals surface area contributed by atoms with Crippen LogP contribution in [0.25, 0.3) is 0 Å². The fourth-order valence-electron chi connectivity index (χ4n) is 2.29. The highest BCUT2D eigenvalue weighted by molar-refractivity contribution is 7.80. The molecule has 0 fully saturated rings. The first-order valence-electron chi connectivity index (χ1n) is 6.69. The molecule has 0 amide bonds. The second kappa shape index (κ2) is 6.48. The molecule has 1 aliphatic rings. The highest BCUT2D eigenvalue weighted by atomic mass is 35.5. The van der Waals surface area contributed by atoms with Gasteiger partial charge in [-0.15, -0.1) is 0 Å². The molecule has 1 atom stereocenters. The van der Waals surface area contributed by atoms with E-state index >= 15 is 0 Å². The van der Waals surface area contributed by atoms with Gasteiger partial charge in [-0.1, -0.05) is 23.7 Å². The number of rotatable bonds is 4. The Morgan fingerprint density at radius 1 is 1.14 bits per heavy atom. The number of anilines is 2. The SMILES string of the molecule is O=S([O-])Nc1ccc(N2CCC(c3ccc(Cl)cc3)=N2)cc1. The fraction of sp³-hybridized carbons (Fsp3) is 0.133. The quantitative estimate of drug-likeness (QED) is 0.873. The van der Waals surface area contributed by atoms with Crippen LogP contribution in [-0.2, 0) is 11.3 Å². The van der Waals surface area contributed by atoms with Crippen molar-refractivity contribution in [1.29, 1.82) is 0 Å². The maximum Gasteiger partial charge on any atom is 0.0700 e. The van der Waals surface area contributed by atoms with Gasteiger partial charge in [0.2, 0.25) is 0 Å². The molecular weight excluding hydrogens is 322 g/mol. The minimum absolute atomic E-state index is 0.526. The summed E-state index contributed by atoms with van der Waals surface area (Å²) in [5.41, 5.74) is 3.52. The van der Waals surface area contributed by atoms with E-state index in [2.05, 4.69) is 9.82 Å². The summed E-state index contributed by atoms with van der Waals surface area (Å²) in [6.45, 7) is 0.790. The second-order valence-corrected chi connectivity index (χ2v) is 5.92. The molecule has 0 saturated carbocycles. The number of halogens is 1. The van der Waals surface area contributed by atoms with Crippen molar-refractivity contribution in [3.8, 4) is 0 Å². The van der Waals surface area contributed by atoms with E-state index in [1.54, 1.807) is 12.1 Å². The molecule has 3 rings (SSSR count). The van der Waals surface area contributed by atoms with Crippen LogP contribution in [0.4, 0.5) is 11.4 Å². The Labute approximate surface area is 136 Å². The van der Waals surface area contributed by atoms with Crippen LogP contribution in [-0.4, -0.2) is 21.0 Å². The van der Waals surface area contributed by atoms with Gasteiger partial charge in [0.15, 0.2) is 0 Å². The third-order valence-electron chi connectivity index (χ3n) is 3.35. The molecule has 1 heterocycles. The van der Waals surface area contributed by atoms with Crippen molar-refractivity contribution in [1.82, 2.24) is 0 Å². The van der Waals surface area contributed by atoms with Crippen LogP contribution in [0.15, 0.2) is 53.6 Å². The van der Waals surface area contributed by atoms with E-state index in [-0.39, 0.29) is 0 Å². The summed E-state index contributed by atoms with van der Waals surface area (Å²) in [7, 11) is 0. The lowest BCUT2D eigenvalue weighted by molar-refractivity contribution is 0.542. The first kappa shape index (κ1) is 15.0. The van der Waals surface area contributed by atoms with Crippen LogP contribution in [0.3, 0.4) is 0 Å². The van der Waals surface area contributed by atoms with E-state index in [9.17, 15) is 8.76 Å². The van der Waals surface area contributed by atoms with Gasteiger partial charge in [0, 0.05) is 34.9 Å². The molecule has 0 radical (unpaired) electrons. The van der Waals surface area contributed by atoms with E-state index in [4.69, 9.17) is 11.6 Å². The highest BCUT2D eigenvalue weighted by Crippen LogP contribution is 2.24. The van der Waals surface area contributed by atoms with Crippen molar-refractivity contribution in [3.05, 3.63) is 59.1 Å². The van der Waals surface area contributed by atoms with Crippen molar-refractivity contribution < 1.29 is 8.76 Å². The third-order valence-corrected chi connectivity index (χ3v) is 4.00. The van der Waals surface area contributed by atoms with Gasteiger partial charge < -0.3 is 9.27 Å². The molecule has 0 bridgehead atoms. The van der Waals surface area contributed by atoms with Gasteiger partial charge in [0.05, 0.1) is 11.4 Å². The Morgan fingerprint density at radius 3 is 2.45 bits per heavy atom. The number of hydrogen-bond donors (Lipinski definition) is 1. The van der Waals surface area contributed by atoms with E-state index in [1.165, 1.54) is 0 Å². The first-order chi connectivity index (χ1) is 10.6. The second-order valence-electron chi connectivity index (χ2n) is 4.81. The third kappa shape index (κ3) is 3.47. The summed E-state index contributed by atoms with van der Waals surface area (Å²) in [5, 5.41) is 7.22. The van der Waals surface area contributed by atoms with Gasteiger partial charge in [-0.05, 0) is 42.0 Å². The Kier molecular flexibility index (Phi) is 4.42. The molecule has 1 unspecified atom stereocenters. The van der Waals surface area contributed by atoms with Crippen molar-refractivity contribution in [2.75, 3.05) is 16.3 Å². The Bertz CT molecular complexity index is 717. The van der Waals surface area contributed by atoms with Crippen LogP contribution in [0, 0.1) is 0 Å². The molecule has 2 aromatic carbocycles. The molecule has 114 valence electrons. The smallest absolute Gasteiger partial charge is 0.0700 e. The van der Waals surface area contributed by atoms with Gasteiger partial charge >= 0.3 is 0 Å². The maximum atomic E-state index is 10.6. The van der Waals surface area contributed by atoms with E-state index < -0.39 is 11.3 Å². The molecule has 7 heteroatoms. The Balaban J connectivity index is 1.76. The fourth-order valence-corrected chi connectivity index (χ4v) is 2.74. The highest BCUT2D eigenvalue weighted by Gasteiger charge is 2.17. The maximum absolute atomic E-state index is 10.6. The number of benzene rings is 2. The Hall–Kier alpha value is -1.89. The average molecular weight is 335 g/mol. The standard InChI is InChI=1S/C15H14ClN3O2S/c16-12-3-1-11(2-4-12)15-9-10-19(17-15)14-7-5-13(6-8-14)18-22(20)21/h1-8,18H,9-10H2,(H,20,21)/p-1. The first-order valence-corrected chi connectivity index (χ1v) is 8.14. The molecule has 0 spiro atoms. The normalized spacial score (nSPS) is 15.5. The summed E-state index contributed by atoms with van der Waals surface area (Å²) in [6, 6.07) is 14.7. The van der Waals surface area contributed by atoms with Crippen LogP contribution >= 0.6 is 11.6 Å². The molecule has 0 aromatic heterocycles. The Morgan fingerprint density at radius 2 is 1.82 bits per heavy atom. The number of nitrogens with one attached hydrogen (secondary N) is 1. The van der Waals surface area contributed by atoms with Crippen LogP contribution in [0.5, 0.6) is 0 Å². The largest absolute Gasteiger partial charge is 0.755 e. The summed E-state index contributed by atoms with van der Waals surface area (Å²) in [5.74, 6) is 0. The molecule has 0 saturated heterocycles. The van der Waals surface area contributed by atoms with Gasteiger partial charge in [0.1, 0.15) is 0 Å². The van der Waals surface area contributed by atoms with Crippen molar-refractivity contribution in [2.45, 2.75) is 6.42 Å². The van der Waals surface area contributed by atoms with E-state index in [0.29, 0.717) is 10.7 Å². The molecule has 0 aliphatic carbocycles. The molecule has 2 aromatic rings. The summed E-state index contributed by atoms with van der Waals surface area (Å²) in [4.78, 5) is 0. The number of nitrogens with zero attached hydrogens (tertiary/aromatic N) is 2.